The summed E-state index contributed by atoms with van der Waals surface area (Å²) in [7, 11) is -5.59. The zero-order valence-electron chi connectivity index (χ0n) is 9.54. The number of fused-ring (bicyclic) bond motifs is 1. The van der Waals surface area contributed by atoms with Gasteiger partial charge in [0.05, 0.1) is 0 Å². The molecule has 0 aromatic heterocycles. The van der Waals surface area contributed by atoms with Crippen molar-refractivity contribution in [1.29, 1.82) is 0 Å². The predicted molar refractivity (Wildman–Crippen MR) is 58.8 cm³/mol. The number of hydrogen-bond acceptors (Lipinski definition) is 3. The van der Waals surface area contributed by atoms with Gasteiger partial charge >= 0.3 is 15.6 Å². The molecule has 7 heteroatoms. The Balaban J connectivity index is 2.41. The first kappa shape index (κ1) is 13.2. The van der Waals surface area contributed by atoms with E-state index in [-0.39, 0.29) is 5.75 Å². The smallest absolute Gasteiger partial charge is 0.376 e. The minimum atomic E-state index is -5.59. The summed E-state index contributed by atoms with van der Waals surface area (Å²) in [5.41, 5.74) is -2.99. The molecule has 0 fully saturated rings. The summed E-state index contributed by atoms with van der Waals surface area (Å²) in [6, 6.07) is 2.86. The van der Waals surface area contributed by atoms with Crippen molar-refractivity contribution in [2.24, 2.45) is 0 Å². The highest BCUT2D eigenvalue weighted by molar-refractivity contribution is 7.88. The van der Waals surface area contributed by atoms with Crippen LogP contribution in [0.2, 0.25) is 0 Å². The molecule has 0 aliphatic heterocycles. The Hall–Kier alpha value is -1.24. The molecule has 2 rings (SSSR count). The van der Waals surface area contributed by atoms with E-state index in [1.165, 1.54) is 6.07 Å². The van der Waals surface area contributed by atoms with Gasteiger partial charge in [0.15, 0.2) is 0 Å². The molecule has 100 valence electrons. The summed E-state index contributed by atoms with van der Waals surface area (Å²) < 4.78 is 62.8. The van der Waals surface area contributed by atoms with Gasteiger partial charge in [0.1, 0.15) is 5.75 Å². The van der Waals surface area contributed by atoms with E-state index < -0.39 is 15.6 Å². The highest BCUT2D eigenvalue weighted by atomic mass is 32.2. The van der Waals surface area contributed by atoms with Crippen LogP contribution in [0.1, 0.15) is 23.1 Å². The summed E-state index contributed by atoms with van der Waals surface area (Å²) in [5.74, 6) is -0.203. The van der Waals surface area contributed by atoms with E-state index in [0.717, 1.165) is 24.0 Å². The van der Waals surface area contributed by atoms with Gasteiger partial charge in [0, 0.05) is 0 Å². The molecule has 0 amide bonds. The van der Waals surface area contributed by atoms with Crippen LogP contribution in [0.3, 0.4) is 0 Å². The third-order valence-electron chi connectivity index (χ3n) is 2.96. The number of halogens is 3. The molecule has 0 spiro atoms. The molecule has 1 aromatic carbocycles. The Morgan fingerprint density at radius 3 is 2.39 bits per heavy atom. The predicted octanol–water partition coefficient (Wildman–Crippen LogP) is 2.71. The second-order valence-electron chi connectivity index (χ2n) is 4.17. The molecular weight excluding hydrogens is 269 g/mol. The Labute approximate surface area is 103 Å². The van der Waals surface area contributed by atoms with Crippen LogP contribution >= 0.6 is 0 Å². The van der Waals surface area contributed by atoms with Crippen LogP contribution in [0.15, 0.2) is 12.1 Å². The summed E-state index contributed by atoms with van der Waals surface area (Å²) >= 11 is 0. The van der Waals surface area contributed by atoms with E-state index in [9.17, 15) is 21.6 Å². The van der Waals surface area contributed by atoms with Crippen molar-refractivity contribution in [2.75, 3.05) is 0 Å². The van der Waals surface area contributed by atoms with Crippen LogP contribution in [-0.2, 0) is 23.0 Å². The lowest BCUT2D eigenvalue weighted by molar-refractivity contribution is -0.0500. The van der Waals surface area contributed by atoms with Gasteiger partial charge in [-0.15, -0.1) is 0 Å². The molecule has 0 saturated carbocycles. The SMILES string of the molecule is Cc1ccc(OS(=O)(=O)C(F)(F)F)c2c1CCC2. The van der Waals surface area contributed by atoms with Crippen LogP contribution in [0, 0.1) is 6.92 Å². The van der Waals surface area contributed by atoms with E-state index in [4.69, 9.17) is 0 Å². The second kappa shape index (κ2) is 4.15. The Morgan fingerprint density at radius 2 is 1.78 bits per heavy atom. The molecule has 1 aliphatic rings. The molecule has 0 saturated heterocycles. The molecular formula is C11H11F3O3S. The van der Waals surface area contributed by atoms with Gasteiger partial charge < -0.3 is 4.18 Å². The van der Waals surface area contributed by atoms with Gasteiger partial charge in [0.25, 0.3) is 0 Å². The first-order valence-corrected chi connectivity index (χ1v) is 6.75. The molecule has 1 aliphatic carbocycles. The number of benzene rings is 1. The number of rotatable bonds is 2. The average molecular weight is 280 g/mol. The zero-order valence-corrected chi connectivity index (χ0v) is 10.4. The largest absolute Gasteiger partial charge is 0.534 e. The molecule has 3 nitrogen and oxygen atoms in total. The van der Waals surface area contributed by atoms with Crippen molar-refractivity contribution in [3.63, 3.8) is 0 Å². The maximum absolute atomic E-state index is 12.2. The van der Waals surface area contributed by atoms with Crippen LogP contribution in [0.4, 0.5) is 13.2 Å². The lowest BCUT2D eigenvalue weighted by atomic mass is 10.0. The number of aryl methyl sites for hydroxylation is 1. The van der Waals surface area contributed by atoms with Crippen molar-refractivity contribution < 1.29 is 25.8 Å². The molecule has 1 aromatic rings. The standard InChI is InChI=1S/C11H11F3O3S/c1-7-5-6-10(9-4-2-3-8(7)9)17-18(15,16)11(12,13)14/h5-6H,2-4H2,1H3. The summed E-state index contributed by atoms with van der Waals surface area (Å²) in [6.07, 6.45) is 2.08. The van der Waals surface area contributed by atoms with E-state index in [1.54, 1.807) is 6.07 Å². The third-order valence-corrected chi connectivity index (χ3v) is 3.92. The Bertz CT molecular complexity index is 576. The third kappa shape index (κ3) is 2.19. The first-order chi connectivity index (χ1) is 8.22. The monoisotopic (exact) mass is 280 g/mol. The maximum Gasteiger partial charge on any atom is 0.534 e. The fraction of sp³-hybridized carbons (Fsp3) is 0.455. The molecule has 0 radical (unpaired) electrons. The van der Waals surface area contributed by atoms with Crippen LogP contribution in [-0.4, -0.2) is 13.9 Å². The fourth-order valence-corrected chi connectivity index (χ4v) is 2.58. The summed E-state index contributed by atoms with van der Waals surface area (Å²) in [4.78, 5) is 0. The second-order valence-corrected chi connectivity index (χ2v) is 5.71. The quantitative estimate of drug-likeness (QED) is 0.618. The van der Waals surface area contributed by atoms with E-state index >= 15 is 0 Å². The van der Waals surface area contributed by atoms with Gasteiger partial charge in [-0.2, -0.15) is 21.6 Å². The molecule has 0 heterocycles. The van der Waals surface area contributed by atoms with E-state index in [2.05, 4.69) is 4.18 Å². The van der Waals surface area contributed by atoms with Crippen LogP contribution < -0.4 is 4.18 Å². The van der Waals surface area contributed by atoms with Gasteiger partial charge in [-0.3, -0.25) is 0 Å². The topological polar surface area (TPSA) is 43.4 Å². The van der Waals surface area contributed by atoms with Crippen LogP contribution in [0.5, 0.6) is 5.75 Å². The van der Waals surface area contributed by atoms with Crippen molar-refractivity contribution in [3.8, 4) is 5.75 Å². The van der Waals surface area contributed by atoms with Gasteiger partial charge in [-0.1, -0.05) is 6.07 Å². The van der Waals surface area contributed by atoms with E-state index in [1.807, 2.05) is 6.92 Å². The van der Waals surface area contributed by atoms with Gasteiger partial charge in [-0.25, -0.2) is 0 Å². The van der Waals surface area contributed by atoms with Gasteiger partial charge in [0.2, 0.25) is 0 Å². The zero-order chi connectivity index (χ0) is 13.6. The number of alkyl halides is 3. The van der Waals surface area contributed by atoms with E-state index in [0.29, 0.717) is 12.0 Å². The minimum absolute atomic E-state index is 0.203. The Morgan fingerprint density at radius 1 is 1.17 bits per heavy atom. The van der Waals surface area contributed by atoms with Crippen molar-refractivity contribution >= 4 is 10.1 Å². The van der Waals surface area contributed by atoms with Crippen molar-refractivity contribution in [2.45, 2.75) is 31.7 Å². The molecule has 0 unspecified atom stereocenters. The summed E-state index contributed by atoms with van der Waals surface area (Å²) in [5, 5.41) is 0. The molecule has 18 heavy (non-hydrogen) atoms. The highest BCUT2D eigenvalue weighted by Gasteiger charge is 2.48. The fourth-order valence-electron chi connectivity index (χ4n) is 2.10. The Kier molecular flexibility index (Phi) is 3.04. The maximum atomic E-state index is 12.2. The molecule has 0 atom stereocenters. The van der Waals surface area contributed by atoms with Gasteiger partial charge in [-0.05, 0) is 48.9 Å². The van der Waals surface area contributed by atoms with Crippen LogP contribution in [0.25, 0.3) is 0 Å². The van der Waals surface area contributed by atoms with Crippen molar-refractivity contribution in [3.05, 3.63) is 28.8 Å². The molecule has 0 bridgehead atoms. The first-order valence-electron chi connectivity index (χ1n) is 5.34. The minimum Gasteiger partial charge on any atom is -0.376 e. The van der Waals surface area contributed by atoms with Crippen molar-refractivity contribution in [1.82, 2.24) is 0 Å². The highest BCUT2D eigenvalue weighted by Crippen LogP contribution is 2.35. The lowest BCUT2D eigenvalue weighted by Gasteiger charge is -2.13. The average Bonchev–Trinajstić information content (AvgIpc) is 2.70. The molecule has 0 N–H and O–H groups in total. The normalized spacial score (nSPS) is 15.6. The summed E-state index contributed by atoms with van der Waals surface area (Å²) in [6.45, 7) is 1.84. The lowest BCUT2D eigenvalue weighted by Crippen LogP contribution is -2.28. The number of hydrogen-bond donors (Lipinski definition) is 0.